The smallest absolute Gasteiger partial charge is 0.341 e. The molecular formula is C19H17F2N3O2. The number of halogens is 2. The van der Waals surface area contributed by atoms with E-state index in [4.69, 9.17) is 4.74 Å². The minimum absolute atomic E-state index is 0.121. The standard InChI is InChI=1S/C19H17F2N3O2/c20-14-6-7-16(21)18(10-14)26-15-11-23(12-15)19(25)24-17(8-9-22-24)13-4-2-1-3-5-13/h1-7,9-10,15,17H,8,11-12H2. The van der Waals surface area contributed by atoms with Gasteiger partial charge in [0.05, 0.1) is 19.1 Å². The first-order valence-corrected chi connectivity index (χ1v) is 8.39. The number of hydrogen-bond donors (Lipinski definition) is 0. The molecule has 0 saturated carbocycles. The molecule has 2 aromatic carbocycles. The average molecular weight is 357 g/mol. The molecule has 2 aliphatic rings. The number of benzene rings is 2. The lowest BCUT2D eigenvalue weighted by molar-refractivity contribution is 0.0255. The molecule has 4 rings (SSSR count). The van der Waals surface area contributed by atoms with Crippen molar-refractivity contribution in [1.82, 2.24) is 9.91 Å². The van der Waals surface area contributed by atoms with Gasteiger partial charge < -0.3 is 9.64 Å². The monoisotopic (exact) mass is 357 g/mol. The first kappa shape index (κ1) is 16.5. The third kappa shape index (κ3) is 3.12. The van der Waals surface area contributed by atoms with Crippen LogP contribution in [0.4, 0.5) is 13.6 Å². The van der Waals surface area contributed by atoms with Crippen LogP contribution in [0.25, 0.3) is 0 Å². The van der Waals surface area contributed by atoms with Crippen LogP contribution in [0, 0.1) is 11.6 Å². The molecule has 2 aliphatic heterocycles. The van der Waals surface area contributed by atoms with E-state index in [2.05, 4.69) is 5.10 Å². The summed E-state index contributed by atoms with van der Waals surface area (Å²) in [7, 11) is 0. The minimum atomic E-state index is -0.621. The fourth-order valence-electron chi connectivity index (χ4n) is 3.11. The number of hydrogen-bond acceptors (Lipinski definition) is 3. The summed E-state index contributed by atoms with van der Waals surface area (Å²) >= 11 is 0. The van der Waals surface area contributed by atoms with Crippen LogP contribution < -0.4 is 4.74 Å². The predicted molar refractivity (Wildman–Crippen MR) is 91.9 cm³/mol. The highest BCUT2D eigenvalue weighted by molar-refractivity contribution is 5.79. The summed E-state index contributed by atoms with van der Waals surface area (Å²) in [6.07, 6.45) is 2.03. The SMILES string of the molecule is O=C(N1CC(Oc2cc(F)ccc2F)C1)N1N=CCC1c1ccccc1. The predicted octanol–water partition coefficient (Wildman–Crippen LogP) is 3.58. The van der Waals surface area contributed by atoms with Crippen molar-refractivity contribution < 1.29 is 18.3 Å². The number of rotatable bonds is 3. The van der Waals surface area contributed by atoms with Crippen LogP contribution in [0.3, 0.4) is 0 Å². The van der Waals surface area contributed by atoms with E-state index in [1.54, 1.807) is 11.1 Å². The zero-order valence-electron chi connectivity index (χ0n) is 13.9. The van der Waals surface area contributed by atoms with Gasteiger partial charge in [-0.2, -0.15) is 5.10 Å². The first-order chi connectivity index (χ1) is 12.6. The first-order valence-electron chi connectivity index (χ1n) is 8.39. The van der Waals surface area contributed by atoms with Crippen LogP contribution >= 0.6 is 0 Å². The van der Waals surface area contributed by atoms with Gasteiger partial charge in [-0.25, -0.2) is 18.6 Å². The van der Waals surface area contributed by atoms with Gasteiger partial charge in [0.15, 0.2) is 11.6 Å². The summed E-state index contributed by atoms with van der Waals surface area (Å²) in [5.41, 5.74) is 1.02. The number of ether oxygens (including phenoxy) is 1. The van der Waals surface area contributed by atoms with Crippen molar-refractivity contribution in [2.45, 2.75) is 18.6 Å². The maximum atomic E-state index is 13.6. The molecule has 7 heteroatoms. The number of nitrogens with zero attached hydrogens (tertiary/aromatic N) is 3. The molecule has 1 atom stereocenters. The fraction of sp³-hybridized carbons (Fsp3) is 0.263. The van der Waals surface area contributed by atoms with Gasteiger partial charge in [0.25, 0.3) is 0 Å². The number of likely N-dealkylation sites (tertiary alicyclic amines) is 1. The molecule has 0 radical (unpaired) electrons. The second kappa shape index (κ2) is 6.74. The molecule has 2 amide bonds. The van der Waals surface area contributed by atoms with Crippen molar-refractivity contribution in [3.63, 3.8) is 0 Å². The second-order valence-electron chi connectivity index (χ2n) is 6.31. The van der Waals surface area contributed by atoms with Gasteiger partial charge in [-0.05, 0) is 17.7 Å². The minimum Gasteiger partial charge on any atom is -0.484 e. The average Bonchev–Trinajstić information content (AvgIpc) is 3.10. The molecule has 0 spiro atoms. The lowest BCUT2D eigenvalue weighted by Gasteiger charge is -2.41. The molecule has 0 bridgehead atoms. The zero-order valence-corrected chi connectivity index (χ0v) is 13.9. The Labute approximate surface area is 149 Å². The fourth-order valence-corrected chi connectivity index (χ4v) is 3.11. The van der Waals surface area contributed by atoms with E-state index in [1.165, 1.54) is 5.01 Å². The Kier molecular flexibility index (Phi) is 4.28. The van der Waals surface area contributed by atoms with Gasteiger partial charge in [0.2, 0.25) is 0 Å². The molecule has 2 heterocycles. The molecule has 26 heavy (non-hydrogen) atoms. The lowest BCUT2D eigenvalue weighted by atomic mass is 10.0. The summed E-state index contributed by atoms with van der Waals surface area (Å²) in [5.74, 6) is -1.32. The highest BCUT2D eigenvalue weighted by atomic mass is 19.1. The maximum absolute atomic E-state index is 13.6. The third-order valence-corrected chi connectivity index (χ3v) is 4.52. The Bertz CT molecular complexity index is 838. The molecule has 134 valence electrons. The van der Waals surface area contributed by atoms with E-state index in [1.807, 2.05) is 30.3 Å². The molecule has 1 fully saturated rings. The zero-order chi connectivity index (χ0) is 18.1. The Morgan fingerprint density at radius 2 is 1.88 bits per heavy atom. The van der Waals surface area contributed by atoms with E-state index in [0.29, 0.717) is 19.5 Å². The molecule has 1 unspecified atom stereocenters. The van der Waals surface area contributed by atoms with Gasteiger partial charge in [-0.1, -0.05) is 30.3 Å². The van der Waals surface area contributed by atoms with Gasteiger partial charge in [0, 0.05) is 18.7 Å². The number of amides is 2. The van der Waals surface area contributed by atoms with Crippen LogP contribution in [0.15, 0.2) is 53.6 Å². The van der Waals surface area contributed by atoms with Crippen molar-refractivity contribution in [3.05, 3.63) is 65.7 Å². The van der Waals surface area contributed by atoms with E-state index < -0.39 is 11.6 Å². The molecule has 0 aromatic heterocycles. The van der Waals surface area contributed by atoms with Crippen molar-refractivity contribution in [2.24, 2.45) is 5.10 Å². The highest BCUT2D eigenvalue weighted by Gasteiger charge is 2.39. The second-order valence-corrected chi connectivity index (χ2v) is 6.31. The Hall–Kier alpha value is -2.96. The largest absolute Gasteiger partial charge is 0.484 e. The van der Waals surface area contributed by atoms with Crippen molar-refractivity contribution >= 4 is 12.2 Å². The van der Waals surface area contributed by atoms with Crippen molar-refractivity contribution in [1.29, 1.82) is 0 Å². The van der Waals surface area contributed by atoms with E-state index in [0.717, 1.165) is 23.8 Å². The number of carbonyl (C=O) groups is 1. The van der Waals surface area contributed by atoms with Gasteiger partial charge >= 0.3 is 6.03 Å². The van der Waals surface area contributed by atoms with Gasteiger partial charge in [-0.3, -0.25) is 0 Å². The summed E-state index contributed by atoms with van der Waals surface area (Å²) in [6.45, 7) is 0.616. The molecule has 0 aliphatic carbocycles. The summed E-state index contributed by atoms with van der Waals surface area (Å²) in [4.78, 5) is 14.3. The molecule has 5 nitrogen and oxygen atoms in total. The maximum Gasteiger partial charge on any atom is 0.341 e. The van der Waals surface area contributed by atoms with Crippen LogP contribution in [0.5, 0.6) is 5.75 Å². The van der Waals surface area contributed by atoms with E-state index in [9.17, 15) is 13.6 Å². The Balaban J connectivity index is 1.37. The lowest BCUT2D eigenvalue weighted by Crippen LogP contribution is -2.58. The van der Waals surface area contributed by atoms with Crippen LogP contribution in [-0.2, 0) is 0 Å². The quantitative estimate of drug-likeness (QED) is 0.843. The highest BCUT2D eigenvalue weighted by Crippen LogP contribution is 2.30. The normalized spacial score (nSPS) is 19.5. The van der Waals surface area contributed by atoms with E-state index >= 15 is 0 Å². The van der Waals surface area contributed by atoms with Crippen LogP contribution in [0.1, 0.15) is 18.0 Å². The number of hydrazone groups is 1. The van der Waals surface area contributed by atoms with Crippen LogP contribution in [-0.4, -0.2) is 41.3 Å². The molecule has 1 saturated heterocycles. The topological polar surface area (TPSA) is 45.1 Å². The van der Waals surface area contributed by atoms with Crippen molar-refractivity contribution in [3.8, 4) is 5.75 Å². The van der Waals surface area contributed by atoms with E-state index in [-0.39, 0.29) is 23.9 Å². The summed E-state index contributed by atoms with van der Waals surface area (Å²) < 4.78 is 32.3. The van der Waals surface area contributed by atoms with Crippen molar-refractivity contribution in [2.75, 3.05) is 13.1 Å². The Morgan fingerprint density at radius 1 is 1.12 bits per heavy atom. The summed E-state index contributed by atoms with van der Waals surface area (Å²) in [6, 6.07) is 12.4. The number of carbonyl (C=O) groups excluding carboxylic acids is 1. The number of urea groups is 1. The third-order valence-electron chi connectivity index (χ3n) is 4.52. The molecular weight excluding hydrogens is 340 g/mol. The summed E-state index contributed by atoms with van der Waals surface area (Å²) in [5, 5.41) is 5.66. The van der Waals surface area contributed by atoms with Gasteiger partial charge in [0.1, 0.15) is 11.9 Å². The van der Waals surface area contributed by atoms with Gasteiger partial charge in [-0.15, -0.1) is 0 Å². The molecule has 0 N–H and O–H groups in total. The Morgan fingerprint density at radius 3 is 2.65 bits per heavy atom. The molecule has 2 aromatic rings. The van der Waals surface area contributed by atoms with Crippen LogP contribution in [0.2, 0.25) is 0 Å².